The molecule has 2 aromatic rings. The van der Waals surface area contributed by atoms with Crippen LogP contribution in [-0.4, -0.2) is 17.1 Å². The van der Waals surface area contributed by atoms with Gasteiger partial charge in [-0.15, -0.1) is 0 Å². The monoisotopic (exact) mass is 289 g/mol. The van der Waals surface area contributed by atoms with Crippen molar-refractivity contribution in [2.24, 2.45) is 5.73 Å². The first-order valence-electron chi connectivity index (χ1n) is 7.26. The number of nitrogens with one attached hydrogen (secondary N) is 1. The third-order valence-electron chi connectivity index (χ3n) is 4.32. The molecule has 0 atom stereocenters. The average molecular weight is 290 g/mol. The van der Waals surface area contributed by atoms with Gasteiger partial charge in [0.25, 0.3) is 0 Å². The zero-order valence-electron chi connectivity index (χ0n) is 11.5. The zero-order chi connectivity index (χ0) is 14.0. The van der Waals surface area contributed by atoms with Crippen LogP contribution in [0.15, 0.2) is 30.5 Å². The maximum atomic E-state index is 6.25. The minimum Gasteiger partial charge on any atom is -0.377 e. The molecular formula is C16H20ClN3. The summed E-state index contributed by atoms with van der Waals surface area (Å²) in [6.07, 6.45) is 7.84. The maximum absolute atomic E-state index is 6.25. The van der Waals surface area contributed by atoms with Crippen LogP contribution in [-0.2, 0) is 0 Å². The molecule has 0 saturated heterocycles. The second-order valence-corrected chi connectivity index (χ2v) is 6.07. The Morgan fingerprint density at radius 3 is 2.75 bits per heavy atom. The van der Waals surface area contributed by atoms with Gasteiger partial charge in [0.2, 0.25) is 0 Å². The zero-order valence-corrected chi connectivity index (χ0v) is 12.3. The van der Waals surface area contributed by atoms with Crippen molar-refractivity contribution in [1.29, 1.82) is 0 Å². The summed E-state index contributed by atoms with van der Waals surface area (Å²) in [4.78, 5) is 4.49. The van der Waals surface area contributed by atoms with Crippen molar-refractivity contribution in [1.82, 2.24) is 4.98 Å². The van der Waals surface area contributed by atoms with E-state index in [1.165, 1.54) is 19.3 Å². The molecule has 1 aliphatic rings. The van der Waals surface area contributed by atoms with Gasteiger partial charge in [-0.05, 0) is 37.1 Å². The van der Waals surface area contributed by atoms with Crippen molar-refractivity contribution in [3.8, 4) is 0 Å². The Hall–Kier alpha value is -1.32. The first-order chi connectivity index (χ1) is 9.74. The Labute approximate surface area is 124 Å². The SMILES string of the molecule is NCC1(Nc2ccc(Cl)c3cccnc23)CCCCC1. The molecule has 0 unspecified atom stereocenters. The topological polar surface area (TPSA) is 50.9 Å². The number of hydrogen-bond acceptors (Lipinski definition) is 3. The predicted octanol–water partition coefficient (Wildman–Crippen LogP) is 3.96. The molecule has 106 valence electrons. The number of nitrogens with zero attached hydrogens (tertiary/aromatic N) is 1. The lowest BCUT2D eigenvalue weighted by atomic mass is 9.81. The van der Waals surface area contributed by atoms with E-state index in [4.69, 9.17) is 17.3 Å². The van der Waals surface area contributed by atoms with E-state index < -0.39 is 0 Å². The van der Waals surface area contributed by atoms with E-state index in [0.29, 0.717) is 6.54 Å². The summed E-state index contributed by atoms with van der Waals surface area (Å²) < 4.78 is 0. The molecule has 1 heterocycles. The quantitative estimate of drug-likeness (QED) is 0.899. The average Bonchev–Trinajstić information content (AvgIpc) is 2.51. The van der Waals surface area contributed by atoms with E-state index in [1.54, 1.807) is 6.20 Å². The second-order valence-electron chi connectivity index (χ2n) is 5.66. The third-order valence-corrected chi connectivity index (χ3v) is 4.65. The van der Waals surface area contributed by atoms with Crippen LogP contribution in [0.1, 0.15) is 32.1 Å². The van der Waals surface area contributed by atoms with Crippen LogP contribution in [0.4, 0.5) is 5.69 Å². The number of benzene rings is 1. The lowest BCUT2D eigenvalue weighted by Gasteiger charge is -2.38. The molecule has 0 amide bonds. The van der Waals surface area contributed by atoms with Gasteiger partial charge in [-0.2, -0.15) is 0 Å². The maximum Gasteiger partial charge on any atom is 0.0948 e. The van der Waals surface area contributed by atoms with Crippen molar-refractivity contribution < 1.29 is 0 Å². The molecule has 0 spiro atoms. The molecule has 0 bridgehead atoms. The fraction of sp³-hybridized carbons (Fsp3) is 0.438. The van der Waals surface area contributed by atoms with Crippen molar-refractivity contribution in [2.45, 2.75) is 37.6 Å². The largest absolute Gasteiger partial charge is 0.377 e. The lowest BCUT2D eigenvalue weighted by molar-refractivity contribution is 0.331. The van der Waals surface area contributed by atoms with E-state index in [9.17, 15) is 0 Å². The molecule has 1 aliphatic carbocycles. The molecule has 20 heavy (non-hydrogen) atoms. The number of nitrogens with two attached hydrogens (primary N) is 1. The summed E-state index contributed by atoms with van der Waals surface area (Å²) in [5, 5.41) is 5.40. The third kappa shape index (κ3) is 2.48. The summed E-state index contributed by atoms with van der Waals surface area (Å²) in [7, 11) is 0. The number of halogens is 1. The lowest BCUT2D eigenvalue weighted by Crippen LogP contribution is -2.47. The molecule has 3 rings (SSSR count). The molecule has 4 heteroatoms. The number of pyridine rings is 1. The molecule has 1 saturated carbocycles. The van der Waals surface area contributed by atoms with Crippen LogP contribution >= 0.6 is 11.6 Å². The first-order valence-corrected chi connectivity index (χ1v) is 7.63. The van der Waals surface area contributed by atoms with Crippen LogP contribution in [0, 0.1) is 0 Å². The van der Waals surface area contributed by atoms with E-state index in [1.807, 2.05) is 24.3 Å². The fourth-order valence-electron chi connectivity index (χ4n) is 3.13. The van der Waals surface area contributed by atoms with Gasteiger partial charge in [-0.1, -0.05) is 30.9 Å². The van der Waals surface area contributed by atoms with Crippen LogP contribution in [0.3, 0.4) is 0 Å². The molecule has 0 radical (unpaired) electrons. The number of anilines is 1. The molecule has 1 fully saturated rings. The number of fused-ring (bicyclic) bond motifs is 1. The normalized spacial score (nSPS) is 18.1. The molecule has 1 aromatic carbocycles. The predicted molar refractivity (Wildman–Crippen MR) is 85.2 cm³/mol. The molecule has 3 N–H and O–H groups in total. The van der Waals surface area contributed by atoms with Gasteiger partial charge in [0.1, 0.15) is 0 Å². The van der Waals surface area contributed by atoms with E-state index in [-0.39, 0.29) is 5.54 Å². The van der Waals surface area contributed by atoms with Crippen molar-refractivity contribution in [3.05, 3.63) is 35.5 Å². The van der Waals surface area contributed by atoms with Gasteiger partial charge in [0, 0.05) is 23.7 Å². The summed E-state index contributed by atoms with van der Waals surface area (Å²) in [6.45, 7) is 0.657. The summed E-state index contributed by atoms with van der Waals surface area (Å²) >= 11 is 6.25. The number of rotatable bonds is 3. The van der Waals surface area contributed by atoms with Crippen molar-refractivity contribution in [2.75, 3.05) is 11.9 Å². The van der Waals surface area contributed by atoms with Crippen LogP contribution < -0.4 is 11.1 Å². The highest BCUT2D eigenvalue weighted by molar-refractivity contribution is 6.35. The smallest absolute Gasteiger partial charge is 0.0948 e. The minimum absolute atomic E-state index is 0.0104. The van der Waals surface area contributed by atoms with Crippen LogP contribution in [0.5, 0.6) is 0 Å². The van der Waals surface area contributed by atoms with Crippen LogP contribution in [0.2, 0.25) is 5.02 Å². The van der Waals surface area contributed by atoms with Crippen LogP contribution in [0.25, 0.3) is 10.9 Å². The minimum atomic E-state index is 0.0104. The van der Waals surface area contributed by atoms with E-state index in [2.05, 4.69) is 10.3 Å². The van der Waals surface area contributed by atoms with Gasteiger partial charge >= 0.3 is 0 Å². The van der Waals surface area contributed by atoms with Gasteiger partial charge in [-0.25, -0.2) is 0 Å². The second kappa shape index (κ2) is 5.58. The van der Waals surface area contributed by atoms with Gasteiger partial charge in [0.15, 0.2) is 0 Å². The Morgan fingerprint density at radius 1 is 1.20 bits per heavy atom. The Bertz CT molecular complexity index is 606. The summed E-state index contributed by atoms with van der Waals surface area (Å²) in [5.41, 5.74) is 8.03. The summed E-state index contributed by atoms with van der Waals surface area (Å²) in [6, 6.07) is 7.87. The fourth-order valence-corrected chi connectivity index (χ4v) is 3.35. The highest BCUT2D eigenvalue weighted by Crippen LogP contribution is 2.34. The first kappa shape index (κ1) is 13.7. The number of hydrogen-bond donors (Lipinski definition) is 2. The summed E-state index contributed by atoms with van der Waals surface area (Å²) in [5.74, 6) is 0. The number of aromatic nitrogens is 1. The highest BCUT2D eigenvalue weighted by atomic mass is 35.5. The van der Waals surface area contributed by atoms with Crippen molar-refractivity contribution in [3.63, 3.8) is 0 Å². The van der Waals surface area contributed by atoms with Crippen molar-refractivity contribution >= 4 is 28.2 Å². The van der Waals surface area contributed by atoms with Gasteiger partial charge in [0.05, 0.1) is 16.2 Å². The molecule has 3 nitrogen and oxygen atoms in total. The Balaban J connectivity index is 2.00. The standard InChI is InChI=1S/C16H20ClN3/c17-13-6-7-14(15-12(13)5-4-10-19-15)20-16(11-18)8-2-1-3-9-16/h4-7,10,20H,1-3,8-9,11,18H2. The van der Waals surface area contributed by atoms with E-state index >= 15 is 0 Å². The Kier molecular flexibility index (Phi) is 3.81. The Morgan fingerprint density at radius 2 is 2.00 bits per heavy atom. The highest BCUT2D eigenvalue weighted by Gasteiger charge is 2.30. The van der Waals surface area contributed by atoms with E-state index in [0.717, 1.165) is 34.5 Å². The van der Waals surface area contributed by atoms with Gasteiger partial charge < -0.3 is 11.1 Å². The molecule has 0 aliphatic heterocycles. The molecular weight excluding hydrogens is 270 g/mol. The van der Waals surface area contributed by atoms with Gasteiger partial charge in [-0.3, -0.25) is 4.98 Å². The molecule has 1 aromatic heterocycles.